The van der Waals surface area contributed by atoms with Crippen molar-refractivity contribution in [3.05, 3.63) is 72.6 Å². The van der Waals surface area contributed by atoms with Gasteiger partial charge in [-0.2, -0.15) is 0 Å². The first-order chi connectivity index (χ1) is 15.0. The Morgan fingerprint density at radius 2 is 1.52 bits per heavy atom. The molecule has 1 saturated heterocycles. The smallest absolute Gasteiger partial charge is 0.264 e. The SMILES string of the molecule is O=C(Nc1ccc(S(=O)(=O)Nc2ncccn2)cc1)c1ccc(N2CCCCC2)cc1. The minimum absolute atomic E-state index is 0.00659. The largest absolute Gasteiger partial charge is 0.372 e. The number of nitrogens with zero attached hydrogens (tertiary/aromatic N) is 3. The van der Waals surface area contributed by atoms with Crippen LogP contribution in [-0.2, 0) is 10.0 Å². The van der Waals surface area contributed by atoms with Crippen molar-refractivity contribution in [3.63, 3.8) is 0 Å². The number of carbonyl (C=O) groups excluding carboxylic acids is 1. The van der Waals surface area contributed by atoms with Crippen LogP contribution in [0.5, 0.6) is 0 Å². The minimum atomic E-state index is -3.82. The molecule has 8 nitrogen and oxygen atoms in total. The summed E-state index contributed by atoms with van der Waals surface area (Å²) in [7, 11) is -3.82. The molecule has 1 amide bonds. The Balaban J connectivity index is 1.39. The summed E-state index contributed by atoms with van der Waals surface area (Å²) in [5, 5.41) is 2.79. The van der Waals surface area contributed by atoms with Crippen LogP contribution in [0, 0.1) is 0 Å². The second-order valence-corrected chi connectivity index (χ2v) is 8.93. The molecule has 2 heterocycles. The van der Waals surface area contributed by atoms with Gasteiger partial charge in [-0.15, -0.1) is 0 Å². The van der Waals surface area contributed by atoms with Gasteiger partial charge in [-0.1, -0.05) is 0 Å². The van der Waals surface area contributed by atoms with Gasteiger partial charge < -0.3 is 10.2 Å². The van der Waals surface area contributed by atoms with Gasteiger partial charge in [0, 0.05) is 42.4 Å². The van der Waals surface area contributed by atoms with Crippen LogP contribution in [0.4, 0.5) is 17.3 Å². The molecule has 4 rings (SSSR count). The molecule has 160 valence electrons. The molecule has 31 heavy (non-hydrogen) atoms. The maximum Gasteiger partial charge on any atom is 0.264 e. The van der Waals surface area contributed by atoms with Crippen molar-refractivity contribution in [1.82, 2.24) is 9.97 Å². The van der Waals surface area contributed by atoms with E-state index in [1.807, 2.05) is 24.3 Å². The minimum Gasteiger partial charge on any atom is -0.372 e. The summed E-state index contributed by atoms with van der Waals surface area (Å²) in [5.41, 5.74) is 2.17. The molecular weight excluding hydrogens is 414 g/mol. The lowest BCUT2D eigenvalue weighted by Gasteiger charge is -2.28. The lowest BCUT2D eigenvalue weighted by atomic mass is 10.1. The normalized spacial score (nSPS) is 14.1. The Hall–Kier alpha value is -3.46. The van der Waals surface area contributed by atoms with E-state index in [-0.39, 0.29) is 16.8 Å². The number of benzene rings is 2. The fraction of sp³-hybridized carbons (Fsp3) is 0.227. The Labute approximate surface area is 181 Å². The highest BCUT2D eigenvalue weighted by Crippen LogP contribution is 2.21. The van der Waals surface area contributed by atoms with Crippen molar-refractivity contribution in [1.29, 1.82) is 0 Å². The summed E-state index contributed by atoms with van der Waals surface area (Å²) in [4.78, 5) is 22.6. The van der Waals surface area contributed by atoms with Gasteiger partial charge in [0.2, 0.25) is 5.95 Å². The van der Waals surface area contributed by atoms with E-state index >= 15 is 0 Å². The third-order valence-electron chi connectivity index (χ3n) is 5.06. The number of sulfonamides is 1. The molecular formula is C22H23N5O3S. The van der Waals surface area contributed by atoms with E-state index in [1.165, 1.54) is 43.8 Å². The first-order valence-corrected chi connectivity index (χ1v) is 11.6. The average molecular weight is 438 g/mol. The molecule has 0 aliphatic carbocycles. The Morgan fingerprint density at radius 3 is 2.16 bits per heavy atom. The van der Waals surface area contributed by atoms with Gasteiger partial charge in [0.1, 0.15) is 0 Å². The topological polar surface area (TPSA) is 104 Å². The van der Waals surface area contributed by atoms with Crippen LogP contribution in [0.25, 0.3) is 0 Å². The maximum absolute atomic E-state index is 12.6. The summed E-state index contributed by atoms with van der Waals surface area (Å²) in [6.07, 6.45) is 6.56. The van der Waals surface area contributed by atoms with Crippen molar-refractivity contribution in [2.24, 2.45) is 0 Å². The van der Waals surface area contributed by atoms with Gasteiger partial charge in [-0.3, -0.25) is 4.79 Å². The van der Waals surface area contributed by atoms with E-state index in [4.69, 9.17) is 0 Å². The Bertz CT molecular complexity index is 1130. The monoisotopic (exact) mass is 437 g/mol. The molecule has 0 saturated carbocycles. The third-order valence-corrected chi connectivity index (χ3v) is 6.41. The molecule has 0 unspecified atom stereocenters. The first kappa shape index (κ1) is 20.8. The van der Waals surface area contributed by atoms with Crippen molar-refractivity contribution < 1.29 is 13.2 Å². The second-order valence-electron chi connectivity index (χ2n) is 7.25. The number of nitrogens with one attached hydrogen (secondary N) is 2. The molecule has 1 aliphatic rings. The number of aromatic nitrogens is 2. The Kier molecular flexibility index (Phi) is 6.13. The lowest BCUT2D eigenvalue weighted by Crippen LogP contribution is -2.29. The zero-order valence-electron chi connectivity index (χ0n) is 16.9. The molecule has 0 radical (unpaired) electrons. The summed E-state index contributed by atoms with van der Waals surface area (Å²) >= 11 is 0. The van der Waals surface area contributed by atoms with Gasteiger partial charge in [0.05, 0.1) is 4.90 Å². The van der Waals surface area contributed by atoms with Crippen LogP contribution in [-0.4, -0.2) is 37.4 Å². The van der Waals surface area contributed by atoms with E-state index in [0.717, 1.165) is 18.8 Å². The fourth-order valence-electron chi connectivity index (χ4n) is 3.43. The number of hydrogen-bond donors (Lipinski definition) is 2. The molecule has 3 aromatic rings. The quantitative estimate of drug-likeness (QED) is 0.611. The van der Waals surface area contributed by atoms with Crippen molar-refractivity contribution >= 4 is 33.3 Å². The summed E-state index contributed by atoms with van der Waals surface area (Å²) in [5.74, 6) is -0.260. The standard InChI is InChI=1S/C22H23N5O3S/c28-21(17-5-9-19(10-6-17)27-15-2-1-3-16-27)25-18-7-11-20(12-8-18)31(29,30)26-22-23-13-4-14-24-22/h4-14H,1-3,15-16H2,(H,25,28)(H,23,24,26). The number of rotatable bonds is 6. The van der Waals surface area contributed by atoms with Crippen LogP contribution in [0.1, 0.15) is 29.6 Å². The highest BCUT2D eigenvalue weighted by Gasteiger charge is 2.16. The molecule has 2 N–H and O–H groups in total. The zero-order chi connectivity index (χ0) is 21.7. The molecule has 1 aliphatic heterocycles. The molecule has 0 bridgehead atoms. The van der Waals surface area contributed by atoms with Crippen LogP contribution >= 0.6 is 0 Å². The molecule has 1 fully saturated rings. The number of carbonyl (C=O) groups is 1. The summed E-state index contributed by atoms with van der Waals surface area (Å²) in [6, 6.07) is 15.1. The number of hydrogen-bond acceptors (Lipinski definition) is 6. The molecule has 0 spiro atoms. The van der Waals surface area contributed by atoms with E-state index in [2.05, 4.69) is 24.9 Å². The van der Waals surface area contributed by atoms with E-state index in [9.17, 15) is 13.2 Å². The van der Waals surface area contributed by atoms with Gasteiger partial charge in [0.25, 0.3) is 15.9 Å². The summed E-state index contributed by atoms with van der Waals surface area (Å²) in [6.45, 7) is 2.10. The summed E-state index contributed by atoms with van der Waals surface area (Å²) < 4.78 is 27.2. The number of anilines is 3. The van der Waals surface area contributed by atoms with E-state index in [0.29, 0.717) is 11.3 Å². The van der Waals surface area contributed by atoms with Gasteiger partial charge in [0.15, 0.2) is 0 Å². The van der Waals surface area contributed by atoms with Gasteiger partial charge in [-0.05, 0) is 73.9 Å². The highest BCUT2D eigenvalue weighted by atomic mass is 32.2. The lowest BCUT2D eigenvalue weighted by molar-refractivity contribution is 0.102. The predicted molar refractivity (Wildman–Crippen MR) is 120 cm³/mol. The maximum atomic E-state index is 12.6. The molecule has 9 heteroatoms. The van der Waals surface area contributed by atoms with Crippen LogP contribution < -0.4 is 14.9 Å². The average Bonchev–Trinajstić information content (AvgIpc) is 2.80. The Morgan fingerprint density at radius 1 is 0.871 bits per heavy atom. The second kappa shape index (κ2) is 9.13. The zero-order valence-corrected chi connectivity index (χ0v) is 17.7. The van der Waals surface area contributed by atoms with Crippen LogP contribution in [0.2, 0.25) is 0 Å². The van der Waals surface area contributed by atoms with Crippen LogP contribution in [0.15, 0.2) is 71.9 Å². The van der Waals surface area contributed by atoms with Gasteiger partial charge in [-0.25, -0.2) is 23.1 Å². The fourth-order valence-corrected chi connectivity index (χ4v) is 4.39. The molecule has 0 atom stereocenters. The van der Waals surface area contributed by atoms with Crippen LogP contribution in [0.3, 0.4) is 0 Å². The van der Waals surface area contributed by atoms with Crippen molar-refractivity contribution in [2.45, 2.75) is 24.2 Å². The van der Waals surface area contributed by atoms with Gasteiger partial charge >= 0.3 is 0 Å². The first-order valence-electron chi connectivity index (χ1n) is 10.1. The third kappa shape index (κ3) is 5.18. The number of amides is 1. The highest BCUT2D eigenvalue weighted by molar-refractivity contribution is 7.92. The van der Waals surface area contributed by atoms with E-state index in [1.54, 1.807) is 18.2 Å². The number of piperidine rings is 1. The molecule has 1 aromatic heterocycles. The van der Waals surface area contributed by atoms with E-state index < -0.39 is 10.0 Å². The predicted octanol–water partition coefficient (Wildman–Crippen LogP) is 3.52. The molecule has 2 aromatic carbocycles. The van der Waals surface area contributed by atoms with Crippen molar-refractivity contribution in [3.8, 4) is 0 Å². The van der Waals surface area contributed by atoms with Crippen molar-refractivity contribution in [2.75, 3.05) is 28.0 Å².